The van der Waals surface area contributed by atoms with Crippen molar-refractivity contribution in [1.29, 1.82) is 0 Å². The molecule has 1 heterocycles. The number of benzene rings is 1. The zero-order valence-corrected chi connectivity index (χ0v) is 11.5. The number of hydrogen-bond acceptors (Lipinski definition) is 4. The number of rotatable bonds is 4. The van der Waals surface area contributed by atoms with E-state index >= 15 is 0 Å². The lowest BCUT2D eigenvalue weighted by Gasteiger charge is -2.12. The van der Waals surface area contributed by atoms with Crippen LogP contribution in [0.3, 0.4) is 0 Å². The number of nitrogen functional groups attached to an aromatic ring is 1. The molecule has 0 amide bonds. The van der Waals surface area contributed by atoms with Crippen LogP contribution in [0.25, 0.3) is 10.9 Å². The number of anilines is 1. The molecule has 0 bridgehead atoms. The molecule has 0 saturated carbocycles. The van der Waals surface area contributed by atoms with Gasteiger partial charge in [0.1, 0.15) is 0 Å². The van der Waals surface area contributed by atoms with Crippen LogP contribution >= 0.6 is 0 Å². The Morgan fingerprint density at radius 3 is 2.79 bits per heavy atom. The van der Waals surface area contributed by atoms with Crippen LogP contribution in [0.1, 0.15) is 10.4 Å². The normalized spacial score (nSPS) is 11.2. The number of hydrogen-bond donors (Lipinski definition) is 1. The van der Waals surface area contributed by atoms with E-state index in [0.29, 0.717) is 11.3 Å². The van der Waals surface area contributed by atoms with Gasteiger partial charge in [0.15, 0.2) is 0 Å². The van der Waals surface area contributed by atoms with Gasteiger partial charge in [0.2, 0.25) is 0 Å². The van der Waals surface area contributed by atoms with Crippen LogP contribution in [-0.2, 0) is 11.3 Å². The second-order valence-corrected chi connectivity index (χ2v) is 4.80. The van der Waals surface area contributed by atoms with Gasteiger partial charge in [-0.1, -0.05) is 0 Å². The molecule has 19 heavy (non-hydrogen) atoms. The first-order valence-corrected chi connectivity index (χ1v) is 6.14. The molecule has 102 valence electrons. The quantitative estimate of drug-likeness (QED) is 0.670. The molecule has 0 fully saturated rings. The molecule has 0 aliphatic heterocycles. The Morgan fingerprint density at radius 1 is 1.42 bits per heavy atom. The second-order valence-electron chi connectivity index (χ2n) is 4.80. The van der Waals surface area contributed by atoms with Crippen LogP contribution in [0.4, 0.5) is 5.69 Å². The summed E-state index contributed by atoms with van der Waals surface area (Å²) in [6.07, 6.45) is 1.99. The van der Waals surface area contributed by atoms with Gasteiger partial charge in [-0.2, -0.15) is 0 Å². The average molecular weight is 261 g/mol. The van der Waals surface area contributed by atoms with Crippen LogP contribution in [-0.4, -0.2) is 43.2 Å². The summed E-state index contributed by atoms with van der Waals surface area (Å²) < 4.78 is 6.84. The number of likely N-dealkylation sites (N-methyl/N-ethyl adjacent to an activating group) is 1. The number of aromatic nitrogens is 1. The molecule has 0 spiro atoms. The molecule has 1 aromatic heterocycles. The van der Waals surface area contributed by atoms with Gasteiger partial charge in [0.05, 0.1) is 18.2 Å². The third-order valence-corrected chi connectivity index (χ3v) is 3.13. The maximum atomic E-state index is 11.6. The number of esters is 1. The number of nitrogens with two attached hydrogens (primary N) is 1. The van der Waals surface area contributed by atoms with Crippen LogP contribution in [0.5, 0.6) is 0 Å². The van der Waals surface area contributed by atoms with Gasteiger partial charge in [-0.15, -0.1) is 0 Å². The number of ether oxygens (including phenoxy) is 1. The summed E-state index contributed by atoms with van der Waals surface area (Å²) in [5.41, 5.74) is 8.03. The first kappa shape index (κ1) is 13.4. The molecule has 2 rings (SSSR count). The van der Waals surface area contributed by atoms with Crippen LogP contribution in [0.2, 0.25) is 0 Å². The van der Waals surface area contributed by atoms with Crippen molar-refractivity contribution in [3.8, 4) is 0 Å². The first-order chi connectivity index (χ1) is 9.02. The fraction of sp³-hybridized carbons (Fsp3) is 0.357. The second kappa shape index (κ2) is 5.32. The maximum Gasteiger partial charge on any atom is 0.337 e. The Morgan fingerprint density at radius 2 is 2.16 bits per heavy atom. The van der Waals surface area contributed by atoms with Gasteiger partial charge in [-0.3, -0.25) is 0 Å². The molecular weight excluding hydrogens is 242 g/mol. The summed E-state index contributed by atoms with van der Waals surface area (Å²) in [6.45, 7) is 1.77. The lowest BCUT2D eigenvalue weighted by atomic mass is 10.1. The van der Waals surface area contributed by atoms with E-state index in [4.69, 9.17) is 10.5 Å². The summed E-state index contributed by atoms with van der Waals surface area (Å²) >= 11 is 0. The number of carbonyl (C=O) groups excluding carboxylic acids is 1. The number of methoxy groups -OCH3 is 1. The summed E-state index contributed by atoms with van der Waals surface area (Å²) in [5, 5.41) is 0.964. The third-order valence-electron chi connectivity index (χ3n) is 3.13. The standard InChI is InChI=1S/C14H19N3O2/c1-16(2)6-7-17-5-4-11-12(15)8-10(9-13(11)17)14(18)19-3/h4-5,8-9H,6-7,15H2,1-3H3. The van der Waals surface area contributed by atoms with Crippen molar-refractivity contribution in [2.24, 2.45) is 0 Å². The van der Waals surface area contributed by atoms with Gasteiger partial charge in [0, 0.05) is 30.4 Å². The van der Waals surface area contributed by atoms with Crippen molar-refractivity contribution >= 4 is 22.6 Å². The summed E-state index contributed by atoms with van der Waals surface area (Å²) in [4.78, 5) is 13.7. The van der Waals surface area contributed by atoms with Crippen molar-refractivity contribution in [2.45, 2.75) is 6.54 Å². The van der Waals surface area contributed by atoms with Crippen LogP contribution in [0, 0.1) is 0 Å². The maximum absolute atomic E-state index is 11.6. The molecular formula is C14H19N3O2. The Kier molecular flexibility index (Phi) is 3.76. The van der Waals surface area contributed by atoms with Gasteiger partial charge in [0.25, 0.3) is 0 Å². The van der Waals surface area contributed by atoms with E-state index in [9.17, 15) is 4.79 Å². The highest BCUT2D eigenvalue weighted by Crippen LogP contribution is 2.25. The highest BCUT2D eigenvalue weighted by molar-refractivity contribution is 6.00. The van der Waals surface area contributed by atoms with Crippen molar-refractivity contribution in [1.82, 2.24) is 9.47 Å². The van der Waals surface area contributed by atoms with Crippen molar-refractivity contribution < 1.29 is 9.53 Å². The lowest BCUT2D eigenvalue weighted by molar-refractivity contribution is 0.0601. The smallest absolute Gasteiger partial charge is 0.337 e. The van der Waals surface area contributed by atoms with E-state index in [0.717, 1.165) is 24.0 Å². The van der Waals surface area contributed by atoms with E-state index in [1.165, 1.54) is 7.11 Å². The summed E-state index contributed by atoms with van der Waals surface area (Å²) in [5.74, 6) is -0.367. The highest BCUT2D eigenvalue weighted by Gasteiger charge is 2.11. The fourth-order valence-corrected chi connectivity index (χ4v) is 2.06. The molecule has 5 nitrogen and oxygen atoms in total. The van der Waals surface area contributed by atoms with Crippen LogP contribution < -0.4 is 5.73 Å². The zero-order valence-electron chi connectivity index (χ0n) is 11.5. The summed E-state index contributed by atoms with van der Waals surface area (Å²) in [6, 6.07) is 5.46. The molecule has 2 aromatic rings. The van der Waals surface area contributed by atoms with Gasteiger partial charge in [-0.05, 0) is 32.3 Å². The summed E-state index contributed by atoms with van der Waals surface area (Å²) in [7, 11) is 5.42. The van der Waals surface area contributed by atoms with E-state index in [-0.39, 0.29) is 5.97 Å². The predicted molar refractivity (Wildman–Crippen MR) is 76.2 cm³/mol. The van der Waals surface area contributed by atoms with Crippen molar-refractivity contribution in [3.63, 3.8) is 0 Å². The van der Waals surface area contributed by atoms with Gasteiger partial charge >= 0.3 is 5.97 Å². The largest absolute Gasteiger partial charge is 0.465 e. The molecule has 0 radical (unpaired) electrons. The fourth-order valence-electron chi connectivity index (χ4n) is 2.06. The van der Waals surface area contributed by atoms with Gasteiger partial charge in [-0.25, -0.2) is 4.79 Å². The molecule has 0 saturated heterocycles. The van der Waals surface area contributed by atoms with E-state index in [2.05, 4.69) is 9.47 Å². The topological polar surface area (TPSA) is 60.5 Å². The first-order valence-electron chi connectivity index (χ1n) is 6.14. The SMILES string of the molecule is COC(=O)c1cc(N)c2ccn(CCN(C)C)c2c1. The third kappa shape index (κ3) is 2.71. The monoisotopic (exact) mass is 261 g/mol. The number of fused-ring (bicyclic) bond motifs is 1. The van der Waals surface area contributed by atoms with E-state index in [1.807, 2.05) is 32.4 Å². The molecule has 1 aromatic carbocycles. The lowest BCUT2D eigenvalue weighted by Crippen LogP contribution is -2.18. The molecule has 0 aliphatic carbocycles. The number of nitrogens with zero attached hydrogens (tertiary/aromatic N) is 2. The van der Waals surface area contributed by atoms with E-state index < -0.39 is 0 Å². The van der Waals surface area contributed by atoms with Crippen LogP contribution in [0.15, 0.2) is 24.4 Å². The number of carbonyl (C=O) groups is 1. The van der Waals surface area contributed by atoms with E-state index in [1.54, 1.807) is 6.07 Å². The van der Waals surface area contributed by atoms with Gasteiger partial charge < -0.3 is 19.9 Å². The minimum atomic E-state index is -0.367. The Bertz CT molecular complexity index is 602. The minimum absolute atomic E-state index is 0.367. The van der Waals surface area contributed by atoms with Crippen molar-refractivity contribution in [3.05, 3.63) is 30.0 Å². The molecule has 0 unspecified atom stereocenters. The average Bonchev–Trinajstić information content (AvgIpc) is 2.79. The Balaban J connectivity index is 2.44. The Hall–Kier alpha value is -2.01. The molecule has 0 aliphatic rings. The Labute approximate surface area is 112 Å². The molecule has 0 atom stereocenters. The van der Waals surface area contributed by atoms with Crippen molar-refractivity contribution in [2.75, 3.05) is 33.5 Å². The molecule has 5 heteroatoms. The molecule has 2 N–H and O–H groups in total. The zero-order chi connectivity index (χ0) is 14.0. The highest BCUT2D eigenvalue weighted by atomic mass is 16.5. The predicted octanol–water partition coefficient (Wildman–Crippen LogP) is 1.57. The minimum Gasteiger partial charge on any atom is -0.465 e.